The smallest absolute Gasteiger partial charge is 0.153 e. The lowest BCUT2D eigenvalue weighted by atomic mass is 10.0. The molecule has 0 unspecified atom stereocenters. The van der Waals surface area contributed by atoms with Crippen LogP contribution in [0.3, 0.4) is 0 Å². The molecule has 1 aliphatic heterocycles. The number of benzene rings is 2. The molecule has 0 radical (unpaired) electrons. The summed E-state index contributed by atoms with van der Waals surface area (Å²) in [7, 11) is 1.74. The van der Waals surface area contributed by atoms with Gasteiger partial charge >= 0.3 is 0 Å². The van der Waals surface area contributed by atoms with Gasteiger partial charge in [-0.1, -0.05) is 0 Å². The summed E-state index contributed by atoms with van der Waals surface area (Å²) in [5.74, 6) is -0.878. The Balaban J connectivity index is 1.61. The maximum Gasteiger partial charge on any atom is 0.153 e. The number of aromatic nitrogens is 5. The predicted octanol–water partition coefficient (Wildman–Crippen LogP) is 3.19. The molecule has 1 N–H and O–H groups in total. The molecule has 1 saturated heterocycles. The maximum atomic E-state index is 14.7. The Kier molecular flexibility index (Phi) is 3.68. The highest BCUT2D eigenvalue weighted by atomic mass is 19.1. The van der Waals surface area contributed by atoms with Crippen molar-refractivity contribution in [2.24, 2.45) is 7.05 Å². The van der Waals surface area contributed by atoms with Crippen LogP contribution < -0.4 is 5.32 Å². The average Bonchev–Trinajstić information content (AvgIpc) is 3.26. The SMILES string of the molecule is Cn1cc2cc(-c3cc(F)c4nn(C5CCNCC5)nc4c3)cc(F)c2n1. The molecule has 5 rings (SSSR count). The van der Waals surface area contributed by atoms with Gasteiger partial charge in [-0.25, -0.2) is 8.78 Å². The fourth-order valence-corrected chi connectivity index (χ4v) is 3.74. The quantitative estimate of drug-likeness (QED) is 0.590. The van der Waals surface area contributed by atoms with E-state index in [-0.39, 0.29) is 11.6 Å². The average molecular weight is 368 g/mol. The van der Waals surface area contributed by atoms with Gasteiger partial charge in [-0.2, -0.15) is 15.0 Å². The van der Waals surface area contributed by atoms with Gasteiger partial charge < -0.3 is 5.32 Å². The van der Waals surface area contributed by atoms with E-state index in [9.17, 15) is 8.78 Å². The van der Waals surface area contributed by atoms with Crippen LogP contribution in [0.2, 0.25) is 0 Å². The van der Waals surface area contributed by atoms with Crippen LogP contribution in [0.25, 0.3) is 33.1 Å². The normalized spacial score (nSPS) is 15.8. The van der Waals surface area contributed by atoms with E-state index in [0.717, 1.165) is 25.9 Å². The lowest BCUT2D eigenvalue weighted by molar-refractivity contribution is 0.316. The first kappa shape index (κ1) is 16.3. The molecule has 1 fully saturated rings. The third-order valence-corrected chi connectivity index (χ3v) is 5.10. The van der Waals surface area contributed by atoms with Crippen molar-refractivity contribution >= 4 is 21.9 Å². The monoisotopic (exact) mass is 368 g/mol. The van der Waals surface area contributed by atoms with Crippen LogP contribution in [-0.4, -0.2) is 37.9 Å². The van der Waals surface area contributed by atoms with Gasteiger partial charge in [-0.3, -0.25) is 4.68 Å². The zero-order valence-electron chi connectivity index (χ0n) is 14.8. The number of fused-ring (bicyclic) bond motifs is 2. The predicted molar refractivity (Wildman–Crippen MR) is 98.3 cm³/mol. The Morgan fingerprint density at radius 3 is 2.41 bits per heavy atom. The van der Waals surface area contributed by atoms with Crippen molar-refractivity contribution in [3.63, 3.8) is 0 Å². The molecule has 0 amide bonds. The van der Waals surface area contributed by atoms with Gasteiger partial charge in [-0.15, -0.1) is 5.10 Å². The van der Waals surface area contributed by atoms with E-state index in [1.165, 1.54) is 12.1 Å². The molecule has 8 heteroatoms. The molecule has 138 valence electrons. The van der Waals surface area contributed by atoms with Crippen molar-refractivity contribution in [2.45, 2.75) is 18.9 Å². The number of nitrogens with one attached hydrogen (secondary N) is 1. The number of halogens is 2. The largest absolute Gasteiger partial charge is 0.317 e. The van der Waals surface area contributed by atoms with Crippen molar-refractivity contribution in [1.29, 1.82) is 0 Å². The Bertz CT molecular complexity index is 1160. The van der Waals surface area contributed by atoms with Crippen LogP contribution in [0.1, 0.15) is 18.9 Å². The molecule has 6 nitrogen and oxygen atoms in total. The topological polar surface area (TPSA) is 60.6 Å². The molecule has 0 aliphatic carbocycles. The van der Waals surface area contributed by atoms with Crippen molar-refractivity contribution < 1.29 is 8.78 Å². The van der Waals surface area contributed by atoms with Gasteiger partial charge in [0.25, 0.3) is 0 Å². The number of hydrogen-bond acceptors (Lipinski definition) is 4. The highest BCUT2D eigenvalue weighted by molar-refractivity contribution is 5.87. The number of hydrogen-bond donors (Lipinski definition) is 1. The summed E-state index contributed by atoms with van der Waals surface area (Å²) in [5, 5.41) is 16.9. The van der Waals surface area contributed by atoms with Crippen molar-refractivity contribution in [1.82, 2.24) is 30.1 Å². The first-order valence-electron chi connectivity index (χ1n) is 8.98. The van der Waals surface area contributed by atoms with E-state index in [2.05, 4.69) is 20.6 Å². The first-order chi connectivity index (χ1) is 13.1. The Labute approximate surface area is 153 Å². The molecule has 0 atom stereocenters. The second kappa shape index (κ2) is 6.09. The molecular formula is C19H18F2N6. The third-order valence-electron chi connectivity index (χ3n) is 5.10. The van der Waals surface area contributed by atoms with Crippen LogP contribution in [-0.2, 0) is 7.05 Å². The van der Waals surface area contributed by atoms with Crippen LogP contribution >= 0.6 is 0 Å². The molecule has 0 spiro atoms. The lowest BCUT2D eigenvalue weighted by Crippen LogP contribution is -2.30. The number of rotatable bonds is 2. The highest BCUT2D eigenvalue weighted by Gasteiger charge is 2.20. The summed E-state index contributed by atoms with van der Waals surface area (Å²) in [4.78, 5) is 1.63. The molecular weight excluding hydrogens is 350 g/mol. The summed E-state index contributed by atoms with van der Waals surface area (Å²) in [6, 6.07) is 6.52. The highest BCUT2D eigenvalue weighted by Crippen LogP contribution is 2.30. The van der Waals surface area contributed by atoms with Crippen LogP contribution in [0.15, 0.2) is 30.5 Å². The second-order valence-electron chi connectivity index (χ2n) is 7.03. The van der Waals surface area contributed by atoms with Gasteiger partial charge in [0.2, 0.25) is 0 Å². The second-order valence-corrected chi connectivity index (χ2v) is 7.03. The van der Waals surface area contributed by atoms with Crippen molar-refractivity contribution in [2.75, 3.05) is 13.1 Å². The van der Waals surface area contributed by atoms with E-state index in [1.54, 1.807) is 28.8 Å². The Morgan fingerprint density at radius 1 is 0.926 bits per heavy atom. The summed E-state index contributed by atoms with van der Waals surface area (Å²) in [6.45, 7) is 1.81. The first-order valence-corrected chi connectivity index (χ1v) is 8.98. The standard InChI is InChI=1S/C19H18F2N6/c1-26-10-13-6-11(7-15(20)18(13)24-26)12-8-16(21)19-17(9-12)23-27(25-19)14-2-4-22-5-3-14/h6-10,14,22H,2-5H2,1H3. The van der Waals surface area contributed by atoms with E-state index >= 15 is 0 Å². The fraction of sp³-hybridized carbons (Fsp3) is 0.316. The number of aryl methyl sites for hydroxylation is 1. The summed E-state index contributed by atoms with van der Waals surface area (Å²) < 4.78 is 30.7. The molecule has 3 heterocycles. The van der Waals surface area contributed by atoms with Crippen LogP contribution in [0.4, 0.5) is 8.78 Å². The summed E-state index contributed by atoms with van der Waals surface area (Å²) >= 11 is 0. The van der Waals surface area contributed by atoms with Gasteiger partial charge in [0.1, 0.15) is 16.6 Å². The van der Waals surface area contributed by atoms with E-state index < -0.39 is 11.6 Å². The Hall–Kier alpha value is -2.87. The molecule has 27 heavy (non-hydrogen) atoms. The lowest BCUT2D eigenvalue weighted by Gasteiger charge is -2.21. The molecule has 0 bridgehead atoms. The van der Waals surface area contributed by atoms with Gasteiger partial charge in [0.05, 0.1) is 6.04 Å². The van der Waals surface area contributed by atoms with Crippen LogP contribution in [0, 0.1) is 11.6 Å². The summed E-state index contributed by atoms with van der Waals surface area (Å²) in [6.07, 6.45) is 3.57. The number of nitrogens with zero attached hydrogens (tertiary/aromatic N) is 5. The molecule has 4 aromatic rings. The molecule has 2 aromatic carbocycles. The summed E-state index contributed by atoms with van der Waals surface area (Å²) in [5.41, 5.74) is 2.20. The minimum Gasteiger partial charge on any atom is -0.317 e. The van der Waals surface area contributed by atoms with Gasteiger partial charge in [0.15, 0.2) is 11.6 Å². The van der Waals surface area contributed by atoms with Crippen LogP contribution in [0.5, 0.6) is 0 Å². The van der Waals surface area contributed by atoms with Gasteiger partial charge in [0, 0.05) is 18.6 Å². The van der Waals surface area contributed by atoms with E-state index in [1.807, 2.05) is 6.07 Å². The minimum absolute atomic E-state index is 0.172. The minimum atomic E-state index is -0.450. The van der Waals surface area contributed by atoms with Crippen molar-refractivity contribution in [3.8, 4) is 11.1 Å². The molecule has 1 aliphatic rings. The van der Waals surface area contributed by atoms with Gasteiger partial charge in [-0.05, 0) is 61.3 Å². The van der Waals surface area contributed by atoms with E-state index in [0.29, 0.717) is 27.5 Å². The molecule has 2 aromatic heterocycles. The van der Waals surface area contributed by atoms with E-state index in [4.69, 9.17) is 0 Å². The maximum absolute atomic E-state index is 14.7. The number of piperidine rings is 1. The zero-order valence-corrected chi connectivity index (χ0v) is 14.8. The third kappa shape index (κ3) is 2.76. The zero-order chi connectivity index (χ0) is 18.5. The Morgan fingerprint density at radius 2 is 1.63 bits per heavy atom. The fourth-order valence-electron chi connectivity index (χ4n) is 3.74. The van der Waals surface area contributed by atoms with Crippen molar-refractivity contribution in [3.05, 3.63) is 42.1 Å². The molecule has 0 saturated carbocycles.